The van der Waals surface area contributed by atoms with E-state index in [9.17, 15) is 19.2 Å². The van der Waals surface area contributed by atoms with E-state index in [1.54, 1.807) is 4.90 Å². The van der Waals surface area contributed by atoms with E-state index >= 15 is 0 Å². The van der Waals surface area contributed by atoms with Gasteiger partial charge in [-0.15, -0.1) is 0 Å². The van der Waals surface area contributed by atoms with Gasteiger partial charge < -0.3 is 19.9 Å². The zero-order chi connectivity index (χ0) is 21.3. The topological polar surface area (TPSA) is 99.3 Å². The highest BCUT2D eigenvalue weighted by Crippen LogP contribution is 2.36. The Bertz CT molecular complexity index is 712. The van der Waals surface area contributed by atoms with Crippen molar-refractivity contribution in [3.8, 4) is 0 Å². The van der Waals surface area contributed by atoms with Crippen molar-refractivity contribution in [2.75, 3.05) is 45.9 Å². The second-order valence-electron chi connectivity index (χ2n) is 9.20. The number of urea groups is 1. The summed E-state index contributed by atoms with van der Waals surface area (Å²) in [7, 11) is 0. The van der Waals surface area contributed by atoms with Crippen LogP contribution in [0.1, 0.15) is 45.4 Å². The van der Waals surface area contributed by atoms with Gasteiger partial charge in [0.15, 0.2) is 0 Å². The highest BCUT2D eigenvalue weighted by atomic mass is 16.5. The van der Waals surface area contributed by atoms with Gasteiger partial charge in [-0.1, -0.05) is 6.92 Å². The molecule has 0 aromatic heterocycles. The molecule has 4 rings (SSSR count). The molecule has 0 aromatic rings. The van der Waals surface area contributed by atoms with Gasteiger partial charge in [0.05, 0.1) is 19.1 Å². The first-order valence-corrected chi connectivity index (χ1v) is 11.2. The quantitative estimate of drug-likeness (QED) is 0.674. The molecule has 1 unspecified atom stereocenters. The summed E-state index contributed by atoms with van der Waals surface area (Å²) in [6, 6.07) is -0.471. The molecule has 9 heteroatoms. The number of ether oxygens (including phenoxy) is 1. The van der Waals surface area contributed by atoms with Crippen LogP contribution in [0.25, 0.3) is 0 Å². The molecule has 3 aliphatic heterocycles. The molecule has 5 amide bonds. The molecule has 1 saturated carbocycles. The lowest BCUT2D eigenvalue weighted by Gasteiger charge is -2.36. The van der Waals surface area contributed by atoms with Gasteiger partial charge in [-0.2, -0.15) is 0 Å². The molecule has 0 radical (unpaired) electrons. The second kappa shape index (κ2) is 8.53. The Morgan fingerprint density at radius 1 is 1.07 bits per heavy atom. The van der Waals surface area contributed by atoms with Crippen LogP contribution in [0.5, 0.6) is 0 Å². The van der Waals surface area contributed by atoms with Crippen molar-refractivity contribution in [3.05, 3.63) is 0 Å². The number of imide groups is 1. The van der Waals surface area contributed by atoms with Gasteiger partial charge in [0, 0.05) is 26.2 Å². The SMILES string of the molecule is CC1CCC2(CC1)NC(=O)N(CC(=O)N1CCCC(C(=O)N3CCOCC3)C1)C2=O. The molecule has 30 heavy (non-hydrogen) atoms. The van der Waals surface area contributed by atoms with Crippen molar-refractivity contribution in [2.45, 2.75) is 51.0 Å². The van der Waals surface area contributed by atoms with Crippen LogP contribution in [-0.2, 0) is 19.1 Å². The highest BCUT2D eigenvalue weighted by molar-refractivity contribution is 6.09. The van der Waals surface area contributed by atoms with Crippen molar-refractivity contribution >= 4 is 23.8 Å². The predicted molar refractivity (Wildman–Crippen MR) is 107 cm³/mol. The zero-order valence-corrected chi connectivity index (χ0v) is 17.7. The smallest absolute Gasteiger partial charge is 0.325 e. The largest absolute Gasteiger partial charge is 0.378 e. The minimum absolute atomic E-state index is 0.0704. The summed E-state index contributed by atoms with van der Waals surface area (Å²) in [5.41, 5.74) is -0.833. The fraction of sp³-hybridized carbons (Fsp3) is 0.810. The maximum Gasteiger partial charge on any atom is 0.325 e. The molecule has 0 bridgehead atoms. The Labute approximate surface area is 177 Å². The van der Waals surface area contributed by atoms with Gasteiger partial charge >= 0.3 is 6.03 Å². The standard InChI is InChI=1S/C21H32N4O5/c1-15-4-6-21(7-5-15)19(28)25(20(29)22-21)14-17(26)24-8-2-3-16(13-24)18(27)23-9-11-30-12-10-23/h15-16H,2-14H2,1H3,(H,22,29). The number of rotatable bonds is 3. The molecule has 1 atom stereocenters. The van der Waals surface area contributed by atoms with Gasteiger partial charge in [0.2, 0.25) is 11.8 Å². The number of hydrogen-bond donors (Lipinski definition) is 1. The Balaban J connectivity index is 1.35. The third-order valence-corrected chi connectivity index (χ3v) is 7.11. The lowest BCUT2D eigenvalue weighted by Crippen LogP contribution is -2.52. The van der Waals surface area contributed by atoms with E-state index in [-0.39, 0.29) is 30.2 Å². The molecule has 3 saturated heterocycles. The summed E-state index contributed by atoms with van der Waals surface area (Å²) >= 11 is 0. The minimum atomic E-state index is -0.833. The van der Waals surface area contributed by atoms with Crippen LogP contribution in [0, 0.1) is 11.8 Å². The molecule has 4 aliphatic rings. The van der Waals surface area contributed by atoms with E-state index in [0.29, 0.717) is 58.2 Å². The molecule has 1 spiro atoms. The number of morpholine rings is 1. The number of nitrogens with zero attached hydrogens (tertiary/aromatic N) is 3. The zero-order valence-electron chi connectivity index (χ0n) is 17.7. The summed E-state index contributed by atoms with van der Waals surface area (Å²) in [6.07, 6.45) is 4.54. The Hall–Kier alpha value is -2.16. The summed E-state index contributed by atoms with van der Waals surface area (Å²) in [6.45, 7) is 5.08. The first-order valence-electron chi connectivity index (χ1n) is 11.2. The Morgan fingerprint density at radius 2 is 1.77 bits per heavy atom. The number of likely N-dealkylation sites (tertiary alicyclic amines) is 1. The summed E-state index contributed by atoms with van der Waals surface area (Å²) in [5, 5.41) is 2.86. The van der Waals surface area contributed by atoms with Crippen LogP contribution in [0.15, 0.2) is 0 Å². The van der Waals surface area contributed by atoms with E-state index in [1.165, 1.54) is 0 Å². The summed E-state index contributed by atoms with van der Waals surface area (Å²) in [4.78, 5) is 55.7. The van der Waals surface area contributed by atoms with Gasteiger partial charge in [0.1, 0.15) is 12.1 Å². The fourth-order valence-corrected chi connectivity index (χ4v) is 5.10. The van der Waals surface area contributed by atoms with E-state index in [0.717, 1.165) is 30.6 Å². The normalized spacial score (nSPS) is 32.5. The number of amides is 5. The van der Waals surface area contributed by atoms with Crippen LogP contribution in [0.4, 0.5) is 4.79 Å². The molecular formula is C21H32N4O5. The molecule has 166 valence electrons. The fourth-order valence-electron chi connectivity index (χ4n) is 5.10. The van der Waals surface area contributed by atoms with Crippen molar-refractivity contribution in [3.63, 3.8) is 0 Å². The number of hydrogen-bond acceptors (Lipinski definition) is 5. The predicted octanol–water partition coefficient (Wildman–Crippen LogP) is 0.585. The van der Waals surface area contributed by atoms with E-state index in [2.05, 4.69) is 12.2 Å². The van der Waals surface area contributed by atoms with E-state index in [4.69, 9.17) is 4.74 Å². The number of piperidine rings is 1. The van der Waals surface area contributed by atoms with Crippen LogP contribution >= 0.6 is 0 Å². The van der Waals surface area contributed by atoms with Crippen LogP contribution < -0.4 is 5.32 Å². The van der Waals surface area contributed by atoms with Gasteiger partial charge in [-0.25, -0.2) is 4.79 Å². The van der Waals surface area contributed by atoms with Crippen molar-refractivity contribution in [1.82, 2.24) is 20.0 Å². The average Bonchev–Trinajstić information content (AvgIpc) is 3.00. The Kier molecular flexibility index (Phi) is 5.99. The first kappa shape index (κ1) is 21.1. The van der Waals surface area contributed by atoms with Crippen molar-refractivity contribution in [1.29, 1.82) is 0 Å². The molecular weight excluding hydrogens is 388 g/mol. The first-order chi connectivity index (χ1) is 14.4. The maximum absolute atomic E-state index is 13.0. The highest BCUT2D eigenvalue weighted by Gasteiger charge is 2.52. The van der Waals surface area contributed by atoms with E-state index < -0.39 is 11.6 Å². The molecule has 1 N–H and O–H groups in total. The molecule has 1 aliphatic carbocycles. The van der Waals surface area contributed by atoms with Gasteiger partial charge in [0.25, 0.3) is 5.91 Å². The van der Waals surface area contributed by atoms with Crippen LogP contribution in [0.3, 0.4) is 0 Å². The van der Waals surface area contributed by atoms with E-state index in [1.807, 2.05) is 4.90 Å². The Morgan fingerprint density at radius 3 is 2.47 bits per heavy atom. The molecule has 3 heterocycles. The lowest BCUT2D eigenvalue weighted by atomic mass is 9.77. The molecule has 9 nitrogen and oxygen atoms in total. The lowest BCUT2D eigenvalue weighted by molar-refractivity contribution is -0.145. The number of nitrogens with one attached hydrogen (secondary N) is 1. The minimum Gasteiger partial charge on any atom is -0.378 e. The number of carbonyl (C=O) groups is 4. The monoisotopic (exact) mass is 420 g/mol. The summed E-state index contributed by atoms with van der Waals surface area (Å²) < 4.78 is 5.31. The molecule has 4 fully saturated rings. The van der Waals surface area contributed by atoms with Crippen molar-refractivity contribution < 1.29 is 23.9 Å². The molecule has 0 aromatic carbocycles. The van der Waals surface area contributed by atoms with Crippen LogP contribution in [0.2, 0.25) is 0 Å². The van der Waals surface area contributed by atoms with Gasteiger partial charge in [-0.05, 0) is 44.4 Å². The number of carbonyl (C=O) groups excluding carboxylic acids is 4. The third-order valence-electron chi connectivity index (χ3n) is 7.11. The second-order valence-corrected chi connectivity index (χ2v) is 9.20. The van der Waals surface area contributed by atoms with Crippen molar-refractivity contribution in [2.24, 2.45) is 11.8 Å². The van der Waals surface area contributed by atoms with Gasteiger partial charge in [-0.3, -0.25) is 19.3 Å². The third kappa shape index (κ3) is 4.04. The van der Waals surface area contributed by atoms with Crippen LogP contribution in [-0.4, -0.2) is 89.9 Å². The summed E-state index contributed by atoms with van der Waals surface area (Å²) in [5.74, 6) is -0.147. The average molecular weight is 421 g/mol. The maximum atomic E-state index is 13.0.